The summed E-state index contributed by atoms with van der Waals surface area (Å²) in [7, 11) is 1.63. The lowest BCUT2D eigenvalue weighted by atomic mass is 10.1. The Labute approximate surface area is 153 Å². The lowest BCUT2D eigenvalue weighted by Gasteiger charge is -2.28. The fraction of sp³-hybridized carbons (Fsp3) is 0.765. The maximum atomic E-state index is 5.32. The van der Waals surface area contributed by atoms with Crippen LogP contribution in [0, 0.1) is 6.92 Å². The van der Waals surface area contributed by atoms with Gasteiger partial charge in [0.25, 0.3) is 0 Å². The fourth-order valence-corrected chi connectivity index (χ4v) is 3.48. The molecule has 26 heavy (non-hydrogen) atoms. The van der Waals surface area contributed by atoms with Crippen molar-refractivity contribution < 1.29 is 13.8 Å². The van der Waals surface area contributed by atoms with Crippen LogP contribution < -0.4 is 0 Å². The third-order valence-electron chi connectivity index (χ3n) is 4.77. The van der Waals surface area contributed by atoms with Crippen LogP contribution in [0.25, 0.3) is 0 Å². The standard InChI is InChI=1S/C17H28N6O3/c1-4-23(10-15-18-13(2)25-20-15)14-6-5-8-22(9-7-14)11-17-19-16(12-24-3)21-26-17/h14H,4-12H2,1-3H3/t14-/m0/s1. The van der Waals surface area contributed by atoms with E-state index in [1.807, 2.05) is 6.92 Å². The first-order valence-electron chi connectivity index (χ1n) is 9.24. The van der Waals surface area contributed by atoms with Gasteiger partial charge in [-0.15, -0.1) is 0 Å². The number of aromatic nitrogens is 4. The van der Waals surface area contributed by atoms with Gasteiger partial charge in [0.15, 0.2) is 11.6 Å². The third kappa shape index (κ3) is 5.09. The molecule has 2 aromatic rings. The fourth-order valence-electron chi connectivity index (χ4n) is 3.48. The van der Waals surface area contributed by atoms with Crippen molar-refractivity contribution in [3.8, 4) is 0 Å². The quantitative estimate of drug-likeness (QED) is 0.694. The molecule has 2 aromatic heterocycles. The van der Waals surface area contributed by atoms with Crippen LogP contribution in [-0.2, 0) is 24.4 Å². The van der Waals surface area contributed by atoms with Crippen molar-refractivity contribution in [2.75, 3.05) is 26.7 Å². The Morgan fingerprint density at radius 1 is 1.15 bits per heavy atom. The summed E-state index contributed by atoms with van der Waals surface area (Å²) < 4.78 is 15.4. The Balaban J connectivity index is 1.52. The molecule has 9 nitrogen and oxygen atoms in total. The molecule has 1 fully saturated rings. The first-order chi connectivity index (χ1) is 12.7. The average molecular weight is 364 g/mol. The van der Waals surface area contributed by atoms with Crippen LogP contribution in [0.1, 0.15) is 49.6 Å². The van der Waals surface area contributed by atoms with E-state index in [1.165, 1.54) is 6.42 Å². The van der Waals surface area contributed by atoms with Gasteiger partial charge in [0, 0.05) is 26.6 Å². The lowest BCUT2D eigenvalue weighted by Crippen LogP contribution is -2.36. The van der Waals surface area contributed by atoms with Crippen molar-refractivity contribution in [1.29, 1.82) is 0 Å². The summed E-state index contributed by atoms with van der Waals surface area (Å²) in [5.41, 5.74) is 0. The topological polar surface area (TPSA) is 93.6 Å². The monoisotopic (exact) mass is 364 g/mol. The Kier molecular flexibility index (Phi) is 6.70. The minimum atomic E-state index is 0.382. The van der Waals surface area contributed by atoms with Gasteiger partial charge in [-0.3, -0.25) is 9.80 Å². The molecule has 9 heteroatoms. The minimum Gasteiger partial charge on any atom is -0.377 e. The normalized spacial score (nSPS) is 19.2. The molecule has 1 saturated heterocycles. The molecule has 0 amide bonds. The molecule has 0 unspecified atom stereocenters. The van der Waals surface area contributed by atoms with Crippen molar-refractivity contribution in [3.63, 3.8) is 0 Å². The molecule has 0 bridgehead atoms. The van der Waals surface area contributed by atoms with Crippen molar-refractivity contribution in [3.05, 3.63) is 23.4 Å². The van der Waals surface area contributed by atoms with E-state index >= 15 is 0 Å². The zero-order valence-electron chi connectivity index (χ0n) is 15.8. The van der Waals surface area contributed by atoms with Crippen LogP contribution in [0.5, 0.6) is 0 Å². The highest BCUT2D eigenvalue weighted by Crippen LogP contribution is 2.19. The minimum absolute atomic E-state index is 0.382. The molecule has 0 spiro atoms. The molecular weight excluding hydrogens is 336 g/mol. The summed E-state index contributed by atoms with van der Waals surface area (Å²) in [6.45, 7) is 8.85. The van der Waals surface area contributed by atoms with E-state index in [-0.39, 0.29) is 0 Å². The number of likely N-dealkylation sites (tertiary alicyclic amines) is 1. The Bertz CT molecular complexity index is 673. The van der Waals surface area contributed by atoms with Gasteiger partial charge < -0.3 is 13.8 Å². The summed E-state index contributed by atoms with van der Waals surface area (Å²) in [5.74, 6) is 2.64. The summed E-state index contributed by atoms with van der Waals surface area (Å²) >= 11 is 0. The van der Waals surface area contributed by atoms with Crippen molar-refractivity contribution in [1.82, 2.24) is 30.1 Å². The number of rotatable bonds is 8. The Morgan fingerprint density at radius 2 is 2.00 bits per heavy atom. The second kappa shape index (κ2) is 9.20. The smallest absolute Gasteiger partial charge is 0.240 e. The highest BCUT2D eigenvalue weighted by molar-refractivity contribution is 4.88. The van der Waals surface area contributed by atoms with Gasteiger partial charge in [-0.25, -0.2) is 0 Å². The van der Waals surface area contributed by atoms with E-state index in [0.29, 0.717) is 36.8 Å². The molecule has 0 radical (unpaired) electrons. The average Bonchev–Trinajstić information content (AvgIpc) is 3.17. The van der Waals surface area contributed by atoms with Gasteiger partial charge in [0.1, 0.15) is 6.61 Å². The highest BCUT2D eigenvalue weighted by Gasteiger charge is 2.24. The van der Waals surface area contributed by atoms with Gasteiger partial charge in [-0.2, -0.15) is 9.97 Å². The van der Waals surface area contributed by atoms with Gasteiger partial charge in [-0.1, -0.05) is 17.2 Å². The number of hydrogen-bond donors (Lipinski definition) is 0. The summed E-state index contributed by atoms with van der Waals surface area (Å²) in [6.07, 6.45) is 3.41. The Morgan fingerprint density at radius 3 is 2.73 bits per heavy atom. The van der Waals surface area contributed by atoms with Crippen LogP contribution >= 0.6 is 0 Å². The van der Waals surface area contributed by atoms with Gasteiger partial charge in [0.2, 0.25) is 11.8 Å². The van der Waals surface area contributed by atoms with Gasteiger partial charge in [-0.05, 0) is 32.4 Å². The second-order valence-corrected chi connectivity index (χ2v) is 6.69. The molecule has 0 saturated carbocycles. The molecule has 1 atom stereocenters. The molecule has 3 heterocycles. The number of methoxy groups -OCH3 is 1. The summed E-state index contributed by atoms with van der Waals surface area (Å²) in [6, 6.07) is 0.524. The van der Waals surface area contributed by atoms with Crippen LogP contribution in [0.4, 0.5) is 0 Å². The maximum Gasteiger partial charge on any atom is 0.240 e. The number of ether oxygens (including phenoxy) is 1. The number of nitrogens with zero attached hydrogens (tertiary/aromatic N) is 6. The molecule has 3 rings (SSSR count). The van der Waals surface area contributed by atoms with E-state index in [9.17, 15) is 0 Å². The molecule has 0 aromatic carbocycles. The number of aryl methyl sites for hydroxylation is 1. The van der Waals surface area contributed by atoms with Crippen LogP contribution in [0.2, 0.25) is 0 Å². The van der Waals surface area contributed by atoms with Crippen LogP contribution in [-0.4, -0.2) is 62.9 Å². The molecular formula is C17H28N6O3. The van der Waals surface area contributed by atoms with E-state index < -0.39 is 0 Å². The maximum absolute atomic E-state index is 5.32. The number of hydrogen-bond acceptors (Lipinski definition) is 9. The van der Waals surface area contributed by atoms with Crippen LogP contribution in [0.15, 0.2) is 9.05 Å². The van der Waals surface area contributed by atoms with E-state index in [4.69, 9.17) is 13.8 Å². The molecule has 1 aliphatic rings. The molecule has 144 valence electrons. The van der Waals surface area contributed by atoms with Crippen LogP contribution in [0.3, 0.4) is 0 Å². The van der Waals surface area contributed by atoms with E-state index in [0.717, 1.165) is 44.8 Å². The van der Waals surface area contributed by atoms with Gasteiger partial charge in [0.05, 0.1) is 13.1 Å². The Hall–Kier alpha value is -1.84. The van der Waals surface area contributed by atoms with E-state index in [1.54, 1.807) is 7.11 Å². The predicted molar refractivity (Wildman–Crippen MR) is 93.0 cm³/mol. The SMILES string of the molecule is CCN(Cc1noc(C)n1)[C@H]1CCCN(Cc2nc(COC)no2)CC1. The lowest BCUT2D eigenvalue weighted by molar-refractivity contribution is 0.168. The molecule has 1 aliphatic heterocycles. The summed E-state index contributed by atoms with van der Waals surface area (Å²) in [4.78, 5) is 13.5. The first-order valence-corrected chi connectivity index (χ1v) is 9.24. The van der Waals surface area contributed by atoms with Crippen molar-refractivity contribution in [2.45, 2.75) is 58.8 Å². The molecule has 0 N–H and O–H groups in total. The molecule has 0 aliphatic carbocycles. The van der Waals surface area contributed by atoms with E-state index in [2.05, 4.69) is 37.0 Å². The van der Waals surface area contributed by atoms with Gasteiger partial charge >= 0.3 is 0 Å². The zero-order valence-corrected chi connectivity index (χ0v) is 15.8. The summed E-state index contributed by atoms with van der Waals surface area (Å²) in [5, 5.41) is 7.97. The highest BCUT2D eigenvalue weighted by atomic mass is 16.5. The zero-order chi connectivity index (χ0) is 18.4. The second-order valence-electron chi connectivity index (χ2n) is 6.69. The van der Waals surface area contributed by atoms with Crippen molar-refractivity contribution >= 4 is 0 Å². The van der Waals surface area contributed by atoms with Crippen molar-refractivity contribution in [2.24, 2.45) is 0 Å². The first kappa shape index (κ1) is 18.9. The third-order valence-corrected chi connectivity index (χ3v) is 4.77. The largest absolute Gasteiger partial charge is 0.377 e. The predicted octanol–water partition coefficient (Wildman–Crippen LogP) is 1.78.